The molecule has 1 aliphatic rings. The van der Waals surface area contributed by atoms with Crippen LogP contribution in [0.4, 0.5) is 5.69 Å². The standard InChI is InChI=1S/C16H11N3O/c17-11-14-6-5-12-3-1-2-4-15(12)19(14)16(20)13-7-9-18-10-8-13/h1-10,14H. The van der Waals surface area contributed by atoms with Gasteiger partial charge in [-0.2, -0.15) is 5.26 Å². The Balaban J connectivity index is 2.09. The number of carbonyl (C=O) groups is 1. The zero-order valence-corrected chi connectivity index (χ0v) is 10.6. The lowest BCUT2D eigenvalue weighted by molar-refractivity contribution is 0.0985. The number of benzene rings is 1. The van der Waals surface area contributed by atoms with E-state index < -0.39 is 6.04 Å². The molecular formula is C16H11N3O. The molecular weight excluding hydrogens is 250 g/mol. The Hall–Kier alpha value is -2.93. The van der Waals surface area contributed by atoms with E-state index in [0.717, 1.165) is 11.3 Å². The maximum Gasteiger partial charge on any atom is 0.259 e. The number of anilines is 1. The maximum absolute atomic E-state index is 12.6. The molecule has 0 aliphatic carbocycles. The molecule has 2 aromatic rings. The van der Waals surface area contributed by atoms with Gasteiger partial charge < -0.3 is 0 Å². The van der Waals surface area contributed by atoms with E-state index in [4.69, 9.17) is 0 Å². The minimum atomic E-state index is -0.592. The lowest BCUT2D eigenvalue weighted by atomic mass is 10.0. The summed E-state index contributed by atoms with van der Waals surface area (Å²) in [4.78, 5) is 18.1. The van der Waals surface area contributed by atoms with Gasteiger partial charge in [-0.1, -0.05) is 24.3 Å². The lowest BCUT2D eigenvalue weighted by Gasteiger charge is -2.30. The molecule has 3 rings (SSSR count). The summed E-state index contributed by atoms with van der Waals surface area (Å²) < 4.78 is 0. The second-order valence-electron chi connectivity index (χ2n) is 4.40. The highest BCUT2D eigenvalue weighted by molar-refractivity contribution is 6.08. The molecule has 1 amide bonds. The number of pyridine rings is 1. The first-order valence-corrected chi connectivity index (χ1v) is 6.21. The van der Waals surface area contributed by atoms with Crippen LogP contribution < -0.4 is 4.90 Å². The summed E-state index contributed by atoms with van der Waals surface area (Å²) in [6.45, 7) is 0. The normalized spacial score (nSPS) is 16.4. The quantitative estimate of drug-likeness (QED) is 0.793. The van der Waals surface area contributed by atoms with Gasteiger partial charge in [0.2, 0.25) is 0 Å². The molecule has 0 spiro atoms. The van der Waals surface area contributed by atoms with Crippen molar-refractivity contribution in [3.63, 3.8) is 0 Å². The number of fused-ring (bicyclic) bond motifs is 1. The number of carbonyl (C=O) groups excluding carboxylic acids is 1. The second kappa shape index (κ2) is 4.98. The van der Waals surface area contributed by atoms with Gasteiger partial charge >= 0.3 is 0 Å². The first kappa shape index (κ1) is 12.1. The highest BCUT2D eigenvalue weighted by Gasteiger charge is 2.28. The molecule has 0 radical (unpaired) electrons. The molecule has 0 N–H and O–H groups in total. The highest BCUT2D eigenvalue weighted by Crippen LogP contribution is 2.29. The van der Waals surface area contributed by atoms with Crippen molar-refractivity contribution in [2.45, 2.75) is 6.04 Å². The third kappa shape index (κ3) is 1.95. The van der Waals surface area contributed by atoms with E-state index in [1.165, 1.54) is 4.90 Å². The predicted molar refractivity (Wildman–Crippen MR) is 75.9 cm³/mol. The molecule has 2 heterocycles. The highest BCUT2D eigenvalue weighted by atomic mass is 16.2. The summed E-state index contributed by atoms with van der Waals surface area (Å²) in [5, 5.41) is 9.28. The van der Waals surface area contributed by atoms with Crippen molar-refractivity contribution in [1.82, 2.24) is 4.98 Å². The fourth-order valence-electron chi connectivity index (χ4n) is 2.25. The van der Waals surface area contributed by atoms with Crippen LogP contribution >= 0.6 is 0 Å². The van der Waals surface area contributed by atoms with Crippen LogP contribution in [0.25, 0.3) is 6.08 Å². The number of nitriles is 1. The first-order chi connectivity index (χ1) is 9.81. The van der Waals surface area contributed by atoms with Crippen LogP contribution in [0.2, 0.25) is 0 Å². The molecule has 1 aromatic heterocycles. The van der Waals surface area contributed by atoms with Crippen molar-refractivity contribution >= 4 is 17.7 Å². The molecule has 96 valence electrons. The average molecular weight is 261 g/mol. The zero-order chi connectivity index (χ0) is 13.9. The van der Waals surface area contributed by atoms with Gasteiger partial charge in [0.1, 0.15) is 6.04 Å². The molecule has 1 aromatic carbocycles. The third-order valence-electron chi connectivity index (χ3n) is 3.21. The fourth-order valence-corrected chi connectivity index (χ4v) is 2.25. The summed E-state index contributed by atoms with van der Waals surface area (Å²) in [6.07, 6.45) is 6.75. The number of hydrogen-bond donors (Lipinski definition) is 0. The van der Waals surface area contributed by atoms with Crippen LogP contribution in [-0.2, 0) is 0 Å². The molecule has 0 bridgehead atoms. The molecule has 20 heavy (non-hydrogen) atoms. The summed E-state index contributed by atoms with van der Waals surface area (Å²) in [5.41, 5.74) is 2.20. The lowest BCUT2D eigenvalue weighted by Crippen LogP contribution is -2.40. The Labute approximate surface area is 116 Å². The Morgan fingerprint density at radius 3 is 2.70 bits per heavy atom. The summed E-state index contributed by atoms with van der Waals surface area (Å²) in [6, 6.07) is 12.4. The van der Waals surface area contributed by atoms with Gasteiger partial charge in [0.05, 0.1) is 11.8 Å². The number of amides is 1. The average Bonchev–Trinajstić information content (AvgIpc) is 2.54. The van der Waals surface area contributed by atoms with Crippen molar-refractivity contribution in [1.29, 1.82) is 5.26 Å². The Morgan fingerprint density at radius 1 is 1.20 bits per heavy atom. The third-order valence-corrected chi connectivity index (χ3v) is 3.21. The smallest absolute Gasteiger partial charge is 0.259 e. The topological polar surface area (TPSA) is 57.0 Å². The fraction of sp³-hybridized carbons (Fsp3) is 0.0625. The van der Waals surface area contributed by atoms with Crippen LogP contribution in [-0.4, -0.2) is 16.9 Å². The van der Waals surface area contributed by atoms with Gasteiger partial charge in [-0.05, 0) is 29.8 Å². The zero-order valence-electron chi connectivity index (χ0n) is 10.6. The summed E-state index contributed by atoms with van der Waals surface area (Å²) >= 11 is 0. The van der Waals surface area contributed by atoms with Crippen molar-refractivity contribution in [3.8, 4) is 6.07 Å². The van der Waals surface area contributed by atoms with Gasteiger partial charge in [-0.15, -0.1) is 0 Å². The van der Waals surface area contributed by atoms with E-state index in [2.05, 4.69) is 11.1 Å². The molecule has 4 heteroatoms. The summed E-state index contributed by atoms with van der Waals surface area (Å²) in [5.74, 6) is -0.198. The molecule has 4 nitrogen and oxygen atoms in total. The number of hydrogen-bond acceptors (Lipinski definition) is 3. The minimum absolute atomic E-state index is 0.198. The van der Waals surface area contributed by atoms with Crippen LogP contribution in [0.5, 0.6) is 0 Å². The molecule has 0 fully saturated rings. The van der Waals surface area contributed by atoms with E-state index >= 15 is 0 Å². The Morgan fingerprint density at radius 2 is 1.95 bits per heavy atom. The maximum atomic E-state index is 12.6. The van der Waals surface area contributed by atoms with Crippen molar-refractivity contribution in [2.75, 3.05) is 4.90 Å². The SMILES string of the molecule is N#CC1C=Cc2ccccc2N1C(=O)c1ccncc1. The molecule has 1 aliphatic heterocycles. The van der Waals surface area contributed by atoms with Gasteiger partial charge in [0.15, 0.2) is 0 Å². The second-order valence-corrected chi connectivity index (χ2v) is 4.40. The molecule has 1 unspecified atom stereocenters. The minimum Gasteiger partial charge on any atom is -0.288 e. The van der Waals surface area contributed by atoms with Gasteiger partial charge in [0.25, 0.3) is 5.91 Å². The van der Waals surface area contributed by atoms with E-state index in [9.17, 15) is 10.1 Å². The van der Waals surface area contributed by atoms with Crippen LogP contribution in [0.15, 0.2) is 54.9 Å². The Kier molecular flexibility index (Phi) is 3.02. The molecule has 0 saturated carbocycles. The molecule has 0 saturated heterocycles. The van der Waals surface area contributed by atoms with Crippen LogP contribution in [0.1, 0.15) is 15.9 Å². The van der Waals surface area contributed by atoms with Gasteiger partial charge in [-0.25, -0.2) is 0 Å². The monoisotopic (exact) mass is 261 g/mol. The van der Waals surface area contributed by atoms with E-state index in [1.54, 1.807) is 30.6 Å². The predicted octanol–water partition coefficient (Wildman–Crippen LogP) is 2.65. The van der Waals surface area contributed by atoms with E-state index in [-0.39, 0.29) is 5.91 Å². The van der Waals surface area contributed by atoms with Gasteiger partial charge in [-0.3, -0.25) is 14.7 Å². The summed E-state index contributed by atoms with van der Waals surface area (Å²) in [7, 11) is 0. The van der Waals surface area contributed by atoms with Gasteiger partial charge in [0, 0.05) is 18.0 Å². The van der Waals surface area contributed by atoms with E-state index in [0.29, 0.717) is 5.56 Å². The molecule has 1 atom stereocenters. The number of aromatic nitrogens is 1. The number of nitrogens with zero attached hydrogens (tertiary/aromatic N) is 3. The van der Waals surface area contributed by atoms with Crippen molar-refractivity contribution in [3.05, 3.63) is 66.0 Å². The van der Waals surface area contributed by atoms with Crippen LogP contribution in [0, 0.1) is 11.3 Å². The number of rotatable bonds is 1. The Bertz CT molecular complexity index is 716. The van der Waals surface area contributed by atoms with E-state index in [1.807, 2.05) is 30.3 Å². The first-order valence-electron chi connectivity index (χ1n) is 6.21. The van der Waals surface area contributed by atoms with Crippen LogP contribution in [0.3, 0.4) is 0 Å². The number of para-hydroxylation sites is 1. The van der Waals surface area contributed by atoms with Crippen molar-refractivity contribution < 1.29 is 4.79 Å². The van der Waals surface area contributed by atoms with Crippen molar-refractivity contribution in [2.24, 2.45) is 0 Å². The largest absolute Gasteiger partial charge is 0.288 e.